The maximum Gasteiger partial charge on any atom is 0.453 e. The molecule has 6 nitrogen and oxygen atoms in total. The molecule has 0 bridgehead atoms. The van der Waals surface area contributed by atoms with Gasteiger partial charge in [0.2, 0.25) is 9.84 Å². The number of halogens is 3. The summed E-state index contributed by atoms with van der Waals surface area (Å²) in [4.78, 5) is 0. The van der Waals surface area contributed by atoms with E-state index in [0.717, 1.165) is 12.5 Å². The molecule has 1 heterocycles. The van der Waals surface area contributed by atoms with E-state index in [9.17, 15) is 21.6 Å². The Morgan fingerprint density at radius 3 is 2.33 bits per heavy atom. The molecule has 0 radical (unpaired) electrons. The normalized spacial score (nSPS) is 13.0. The van der Waals surface area contributed by atoms with Crippen molar-refractivity contribution in [3.05, 3.63) is 41.7 Å². The first-order valence-electron chi connectivity index (χ1n) is 5.51. The number of nitrogens with zero attached hydrogens (tertiary/aromatic N) is 4. The summed E-state index contributed by atoms with van der Waals surface area (Å²) in [6, 6.07) is 8.24. The van der Waals surface area contributed by atoms with E-state index in [1.807, 2.05) is 0 Å². The van der Waals surface area contributed by atoms with Crippen molar-refractivity contribution in [2.24, 2.45) is 5.10 Å². The van der Waals surface area contributed by atoms with Crippen LogP contribution >= 0.6 is 0 Å². The molecule has 112 valence electrons. The van der Waals surface area contributed by atoms with Crippen molar-refractivity contribution in [1.29, 1.82) is 0 Å². The second-order valence-corrected chi connectivity index (χ2v) is 5.95. The van der Waals surface area contributed by atoms with E-state index in [-0.39, 0.29) is 4.68 Å². The Morgan fingerprint density at radius 1 is 1.19 bits per heavy atom. The van der Waals surface area contributed by atoms with Crippen LogP contribution in [0.1, 0.15) is 11.4 Å². The molecule has 0 saturated heterocycles. The van der Waals surface area contributed by atoms with Crippen LogP contribution in [0.4, 0.5) is 13.2 Å². The summed E-state index contributed by atoms with van der Waals surface area (Å²) >= 11 is 0. The highest BCUT2D eigenvalue weighted by molar-refractivity contribution is 7.90. The number of hydrogen-bond donors (Lipinski definition) is 0. The van der Waals surface area contributed by atoms with Gasteiger partial charge in [-0.05, 0) is 5.56 Å². The van der Waals surface area contributed by atoms with Crippen LogP contribution in [0.25, 0.3) is 0 Å². The monoisotopic (exact) mass is 318 g/mol. The Kier molecular flexibility index (Phi) is 3.81. The smallest absolute Gasteiger partial charge is 0.221 e. The number of aromatic nitrogens is 3. The predicted octanol–water partition coefficient (Wildman–Crippen LogP) is 1.58. The minimum atomic E-state index is -4.87. The largest absolute Gasteiger partial charge is 0.453 e. The Bertz CT molecular complexity index is 767. The summed E-state index contributed by atoms with van der Waals surface area (Å²) in [7, 11) is -4.00. The molecule has 0 aliphatic carbocycles. The average molecular weight is 318 g/mol. The first-order chi connectivity index (χ1) is 9.69. The Labute approximate surface area is 117 Å². The van der Waals surface area contributed by atoms with Crippen LogP contribution in [0.2, 0.25) is 0 Å². The van der Waals surface area contributed by atoms with Gasteiger partial charge in [-0.3, -0.25) is 0 Å². The number of benzene rings is 1. The fraction of sp³-hybridized carbons (Fsp3) is 0.182. The zero-order valence-corrected chi connectivity index (χ0v) is 11.4. The fourth-order valence-electron chi connectivity index (χ4n) is 1.44. The van der Waals surface area contributed by atoms with Crippen LogP contribution in [0.3, 0.4) is 0 Å². The molecular formula is C11H9F3N4O2S. The highest BCUT2D eigenvalue weighted by atomic mass is 32.2. The quantitative estimate of drug-likeness (QED) is 0.805. The molecule has 0 spiro atoms. The second kappa shape index (κ2) is 5.28. The maximum absolute atomic E-state index is 12.8. The van der Waals surface area contributed by atoms with E-state index < -0.39 is 27.0 Å². The topological polar surface area (TPSA) is 77.2 Å². The van der Waals surface area contributed by atoms with E-state index in [4.69, 9.17) is 0 Å². The van der Waals surface area contributed by atoms with E-state index in [2.05, 4.69) is 15.3 Å². The Balaban J connectivity index is 2.55. The molecule has 1 aromatic carbocycles. The van der Waals surface area contributed by atoms with Crippen LogP contribution in [0.15, 0.2) is 40.6 Å². The zero-order valence-electron chi connectivity index (χ0n) is 10.6. The molecule has 2 rings (SSSR count). The fourth-order valence-corrected chi connectivity index (χ4v) is 2.08. The molecule has 0 aliphatic heterocycles. The molecule has 0 amide bonds. The zero-order chi connectivity index (χ0) is 15.7. The van der Waals surface area contributed by atoms with Gasteiger partial charge in [-0.15, -0.1) is 10.2 Å². The average Bonchev–Trinajstić information content (AvgIpc) is 2.81. The summed E-state index contributed by atoms with van der Waals surface area (Å²) in [6.45, 7) is 0. The van der Waals surface area contributed by atoms with Gasteiger partial charge >= 0.3 is 6.18 Å². The lowest BCUT2D eigenvalue weighted by atomic mass is 10.2. The minimum Gasteiger partial charge on any atom is -0.221 e. The van der Waals surface area contributed by atoms with Crippen molar-refractivity contribution in [2.45, 2.75) is 11.3 Å². The van der Waals surface area contributed by atoms with Gasteiger partial charge in [-0.25, -0.2) is 8.42 Å². The Morgan fingerprint density at radius 2 is 1.81 bits per heavy atom. The van der Waals surface area contributed by atoms with Crippen LogP contribution in [-0.4, -0.2) is 35.8 Å². The summed E-state index contributed by atoms with van der Waals surface area (Å²) in [5, 5.41) is 8.58. The van der Waals surface area contributed by atoms with E-state index in [1.165, 1.54) is 0 Å². The van der Waals surface area contributed by atoms with Crippen molar-refractivity contribution in [3.63, 3.8) is 0 Å². The van der Waals surface area contributed by atoms with Gasteiger partial charge in [0, 0.05) is 6.26 Å². The molecule has 0 fully saturated rings. The SMILES string of the molecule is CS(=O)(=O)c1nnc(C(F)(F)F)n1/N=C/c1ccccc1. The molecule has 0 unspecified atom stereocenters. The molecular weight excluding hydrogens is 309 g/mol. The van der Waals surface area contributed by atoms with Gasteiger partial charge in [-0.2, -0.15) is 22.9 Å². The van der Waals surface area contributed by atoms with Gasteiger partial charge in [0.25, 0.3) is 11.0 Å². The Hall–Kier alpha value is -2.23. The molecule has 2 aromatic rings. The highest BCUT2D eigenvalue weighted by Crippen LogP contribution is 2.28. The number of alkyl halides is 3. The summed E-state index contributed by atoms with van der Waals surface area (Å²) in [5.74, 6) is -1.50. The molecule has 21 heavy (non-hydrogen) atoms. The lowest BCUT2D eigenvalue weighted by Crippen LogP contribution is -2.15. The third-order valence-corrected chi connectivity index (χ3v) is 3.24. The number of sulfone groups is 1. The standard InChI is InChI=1S/C11H9F3N4O2S/c1-21(19,20)10-17-16-9(11(12,13)14)18(10)15-7-8-5-3-2-4-6-8/h2-7H,1H3/b15-7+. The third kappa shape index (κ3) is 3.45. The predicted molar refractivity (Wildman–Crippen MR) is 67.6 cm³/mol. The minimum absolute atomic E-state index is 0.169. The van der Waals surface area contributed by atoms with Crippen molar-refractivity contribution in [1.82, 2.24) is 14.9 Å². The van der Waals surface area contributed by atoms with E-state index >= 15 is 0 Å². The lowest BCUT2D eigenvalue weighted by Gasteiger charge is -2.05. The van der Waals surface area contributed by atoms with Crippen molar-refractivity contribution in [3.8, 4) is 0 Å². The maximum atomic E-state index is 12.8. The third-order valence-electron chi connectivity index (χ3n) is 2.32. The number of hydrogen-bond acceptors (Lipinski definition) is 5. The van der Waals surface area contributed by atoms with E-state index in [1.54, 1.807) is 30.3 Å². The first-order valence-corrected chi connectivity index (χ1v) is 7.41. The van der Waals surface area contributed by atoms with Crippen LogP contribution < -0.4 is 0 Å². The first kappa shape index (κ1) is 15.2. The summed E-state index contributed by atoms with van der Waals surface area (Å²) < 4.78 is 61.4. The van der Waals surface area contributed by atoms with Gasteiger partial charge in [-0.1, -0.05) is 30.3 Å². The molecule has 0 N–H and O–H groups in total. The molecule has 0 saturated carbocycles. The van der Waals surface area contributed by atoms with Crippen molar-refractivity contribution >= 4 is 16.1 Å². The molecule has 0 atom stereocenters. The van der Waals surface area contributed by atoms with Crippen LogP contribution in [0.5, 0.6) is 0 Å². The number of rotatable bonds is 3. The van der Waals surface area contributed by atoms with Gasteiger partial charge in [0.15, 0.2) is 0 Å². The van der Waals surface area contributed by atoms with E-state index in [0.29, 0.717) is 5.56 Å². The highest BCUT2D eigenvalue weighted by Gasteiger charge is 2.40. The van der Waals surface area contributed by atoms with Crippen molar-refractivity contribution < 1.29 is 21.6 Å². The van der Waals surface area contributed by atoms with Gasteiger partial charge in [0.1, 0.15) is 0 Å². The lowest BCUT2D eigenvalue weighted by molar-refractivity contribution is -0.147. The van der Waals surface area contributed by atoms with Crippen LogP contribution in [-0.2, 0) is 16.0 Å². The van der Waals surface area contributed by atoms with Crippen molar-refractivity contribution in [2.75, 3.05) is 6.26 Å². The summed E-state index contributed by atoms with van der Waals surface area (Å²) in [5.41, 5.74) is 0.499. The van der Waals surface area contributed by atoms with Crippen LogP contribution in [0, 0.1) is 0 Å². The molecule has 10 heteroatoms. The summed E-state index contributed by atoms with van der Waals surface area (Å²) in [6.07, 6.45) is -3.05. The van der Waals surface area contributed by atoms with Gasteiger partial charge < -0.3 is 0 Å². The van der Waals surface area contributed by atoms with Gasteiger partial charge in [0.05, 0.1) is 6.21 Å². The second-order valence-electron chi connectivity index (χ2n) is 4.04. The molecule has 1 aromatic heterocycles. The molecule has 0 aliphatic rings.